The lowest BCUT2D eigenvalue weighted by Gasteiger charge is -2.40. The van der Waals surface area contributed by atoms with Crippen LogP contribution in [-0.4, -0.2) is 57.3 Å². The normalized spacial score (nSPS) is 24.4. The zero-order valence-electron chi connectivity index (χ0n) is 20.3. The number of ether oxygens (including phenoxy) is 2. The molecule has 0 atom stereocenters. The van der Waals surface area contributed by atoms with Crippen LogP contribution in [0.15, 0.2) is 48.5 Å². The van der Waals surface area contributed by atoms with Crippen LogP contribution in [-0.2, 0) is 16.0 Å². The molecule has 5 nitrogen and oxygen atoms in total. The van der Waals surface area contributed by atoms with Crippen LogP contribution in [0.5, 0.6) is 5.75 Å². The van der Waals surface area contributed by atoms with Crippen molar-refractivity contribution >= 4 is 5.91 Å². The Hall–Kier alpha value is -2.37. The van der Waals surface area contributed by atoms with Crippen molar-refractivity contribution in [1.82, 2.24) is 10.2 Å². The highest BCUT2D eigenvalue weighted by Gasteiger charge is 2.42. The number of carbonyl (C=O) groups excluding carboxylic acids is 1. The number of nitrogens with one attached hydrogen (secondary N) is 1. The minimum Gasteiger partial charge on any atom is -0.496 e. The maximum Gasteiger partial charge on any atom is 0.226 e. The minimum absolute atomic E-state index is 0.236. The van der Waals surface area contributed by atoms with Crippen molar-refractivity contribution < 1.29 is 14.3 Å². The molecule has 0 unspecified atom stereocenters. The summed E-state index contributed by atoms with van der Waals surface area (Å²) < 4.78 is 11.1. The van der Waals surface area contributed by atoms with E-state index in [2.05, 4.69) is 47.6 Å². The second-order valence-electron chi connectivity index (χ2n) is 9.84. The Morgan fingerprint density at radius 3 is 2.30 bits per heavy atom. The predicted octanol–water partition coefficient (Wildman–Crippen LogP) is 4.69. The molecule has 1 amide bonds. The van der Waals surface area contributed by atoms with Gasteiger partial charge in [-0.1, -0.05) is 42.5 Å². The van der Waals surface area contributed by atoms with Gasteiger partial charge in [-0.05, 0) is 82.3 Å². The van der Waals surface area contributed by atoms with E-state index in [0.29, 0.717) is 6.04 Å². The molecular formula is C28H38N2O3. The van der Waals surface area contributed by atoms with Crippen molar-refractivity contribution in [3.05, 3.63) is 54.1 Å². The minimum atomic E-state index is -0.357. The molecule has 0 aromatic heterocycles. The fourth-order valence-corrected chi connectivity index (χ4v) is 5.43. The number of carbonyl (C=O) groups is 1. The molecule has 1 N–H and O–H groups in total. The molecule has 1 aliphatic carbocycles. The van der Waals surface area contributed by atoms with E-state index in [1.165, 1.54) is 5.56 Å². The first kappa shape index (κ1) is 23.8. The lowest BCUT2D eigenvalue weighted by atomic mass is 9.68. The third-order valence-corrected chi connectivity index (χ3v) is 7.67. The molecule has 2 fully saturated rings. The number of benzene rings is 2. The van der Waals surface area contributed by atoms with E-state index in [4.69, 9.17) is 9.47 Å². The summed E-state index contributed by atoms with van der Waals surface area (Å²) in [5.74, 6) is 1.11. The number of nitrogens with zero attached hydrogens (tertiary/aromatic N) is 1. The average Bonchev–Trinajstić information content (AvgIpc) is 2.86. The van der Waals surface area contributed by atoms with Gasteiger partial charge in [0.15, 0.2) is 0 Å². The molecule has 0 spiro atoms. The summed E-state index contributed by atoms with van der Waals surface area (Å²) in [5, 5.41) is 3.43. The van der Waals surface area contributed by atoms with E-state index >= 15 is 0 Å². The van der Waals surface area contributed by atoms with Gasteiger partial charge in [0.2, 0.25) is 5.91 Å². The predicted molar refractivity (Wildman–Crippen MR) is 132 cm³/mol. The molecule has 0 bridgehead atoms. The van der Waals surface area contributed by atoms with Gasteiger partial charge in [-0.2, -0.15) is 0 Å². The average molecular weight is 451 g/mol. The van der Waals surface area contributed by atoms with Crippen LogP contribution < -0.4 is 10.1 Å². The topological polar surface area (TPSA) is 50.8 Å². The lowest BCUT2D eigenvalue weighted by molar-refractivity contribution is -0.135. The number of methoxy groups -OCH3 is 2. The van der Waals surface area contributed by atoms with E-state index in [0.717, 1.165) is 74.9 Å². The summed E-state index contributed by atoms with van der Waals surface area (Å²) in [5.41, 5.74) is 3.07. The van der Waals surface area contributed by atoms with Crippen LogP contribution in [0.3, 0.4) is 0 Å². The molecule has 5 heteroatoms. The number of hydrogen-bond donors (Lipinski definition) is 1. The third-order valence-electron chi connectivity index (χ3n) is 7.67. The summed E-state index contributed by atoms with van der Waals surface area (Å²) in [6, 6.07) is 17.0. The molecule has 178 valence electrons. The summed E-state index contributed by atoms with van der Waals surface area (Å²) in [4.78, 5) is 16.0. The van der Waals surface area contributed by atoms with Gasteiger partial charge < -0.3 is 19.7 Å². The zero-order chi connectivity index (χ0) is 23.3. The van der Waals surface area contributed by atoms with Crippen LogP contribution in [0.1, 0.15) is 44.1 Å². The van der Waals surface area contributed by atoms with Gasteiger partial charge in [-0.15, -0.1) is 0 Å². The Labute approximate surface area is 198 Å². The van der Waals surface area contributed by atoms with E-state index in [1.54, 1.807) is 14.2 Å². The fraction of sp³-hybridized carbons (Fsp3) is 0.536. The second kappa shape index (κ2) is 10.7. The van der Waals surface area contributed by atoms with Gasteiger partial charge in [0, 0.05) is 18.7 Å². The van der Waals surface area contributed by atoms with Gasteiger partial charge in [-0.3, -0.25) is 4.79 Å². The highest BCUT2D eigenvalue weighted by Crippen LogP contribution is 2.41. The van der Waals surface area contributed by atoms with Gasteiger partial charge >= 0.3 is 0 Å². The van der Waals surface area contributed by atoms with E-state index in [-0.39, 0.29) is 17.4 Å². The van der Waals surface area contributed by atoms with Crippen LogP contribution >= 0.6 is 0 Å². The molecule has 1 saturated heterocycles. The summed E-state index contributed by atoms with van der Waals surface area (Å²) in [6.45, 7) is 2.10. The summed E-state index contributed by atoms with van der Waals surface area (Å²) in [7, 11) is 5.64. The molecule has 4 rings (SSSR count). The quantitative estimate of drug-likeness (QED) is 0.665. The SMILES string of the molecule is COc1ccccc1-c1ccc(CC2(C(=O)NC3CCN(C)CC3)CCC(OC)CC2)cc1. The highest BCUT2D eigenvalue weighted by atomic mass is 16.5. The Balaban J connectivity index is 1.51. The summed E-state index contributed by atoms with van der Waals surface area (Å²) >= 11 is 0. The number of likely N-dealkylation sites (tertiary alicyclic amines) is 1. The van der Waals surface area contributed by atoms with Crippen LogP contribution in [0.2, 0.25) is 0 Å². The largest absolute Gasteiger partial charge is 0.496 e. The molecule has 1 aliphatic heterocycles. The van der Waals surface area contributed by atoms with Gasteiger partial charge in [0.25, 0.3) is 0 Å². The molecule has 0 radical (unpaired) electrons. The number of rotatable bonds is 7. The second-order valence-corrected chi connectivity index (χ2v) is 9.84. The fourth-order valence-electron chi connectivity index (χ4n) is 5.43. The molecule has 2 aromatic carbocycles. The molecule has 1 heterocycles. The number of amides is 1. The Morgan fingerprint density at radius 1 is 1.00 bits per heavy atom. The van der Waals surface area contributed by atoms with Crippen LogP contribution in [0.25, 0.3) is 11.1 Å². The van der Waals surface area contributed by atoms with E-state index in [1.807, 2.05) is 18.2 Å². The molecule has 2 aliphatic rings. The molecule has 1 saturated carbocycles. The smallest absolute Gasteiger partial charge is 0.226 e. The standard InChI is InChI=1S/C28H38N2O3/c1-30-18-14-23(15-19-30)29-27(31)28(16-12-24(32-2)13-17-28)20-21-8-10-22(11-9-21)25-6-4-5-7-26(25)33-3/h4-11,23-24H,12-20H2,1-3H3,(H,29,31). The number of piperidine rings is 1. The Kier molecular flexibility index (Phi) is 7.71. The number of hydrogen-bond acceptors (Lipinski definition) is 4. The summed E-state index contributed by atoms with van der Waals surface area (Å²) in [6.07, 6.45) is 6.74. The zero-order valence-corrected chi connectivity index (χ0v) is 20.3. The van der Waals surface area contributed by atoms with Crippen LogP contribution in [0, 0.1) is 5.41 Å². The molecular weight excluding hydrogens is 412 g/mol. The third kappa shape index (κ3) is 5.59. The van der Waals surface area contributed by atoms with E-state index in [9.17, 15) is 4.79 Å². The monoisotopic (exact) mass is 450 g/mol. The van der Waals surface area contributed by atoms with Crippen LogP contribution in [0.4, 0.5) is 0 Å². The maximum absolute atomic E-state index is 13.7. The first-order chi connectivity index (χ1) is 16.0. The first-order valence-corrected chi connectivity index (χ1v) is 12.3. The van der Waals surface area contributed by atoms with E-state index < -0.39 is 0 Å². The van der Waals surface area contributed by atoms with Gasteiger partial charge in [0.05, 0.1) is 18.6 Å². The van der Waals surface area contributed by atoms with Gasteiger partial charge in [0.1, 0.15) is 5.75 Å². The first-order valence-electron chi connectivity index (χ1n) is 12.3. The van der Waals surface area contributed by atoms with Crippen molar-refractivity contribution in [3.8, 4) is 16.9 Å². The van der Waals surface area contributed by atoms with Gasteiger partial charge in [-0.25, -0.2) is 0 Å². The maximum atomic E-state index is 13.7. The van der Waals surface area contributed by atoms with Crippen molar-refractivity contribution in [1.29, 1.82) is 0 Å². The lowest BCUT2D eigenvalue weighted by Crippen LogP contribution is -2.51. The molecule has 33 heavy (non-hydrogen) atoms. The van der Waals surface area contributed by atoms with Crippen molar-refractivity contribution in [2.24, 2.45) is 5.41 Å². The van der Waals surface area contributed by atoms with Crippen molar-refractivity contribution in [2.75, 3.05) is 34.4 Å². The Bertz CT molecular complexity index is 911. The Morgan fingerprint density at radius 2 is 1.67 bits per heavy atom. The van der Waals surface area contributed by atoms with Crippen molar-refractivity contribution in [2.45, 2.75) is 57.1 Å². The molecule has 2 aromatic rings. The highest BCUT2D eigenvalue weighted by molar-refractivity contribution is 5.83. The number of para-hydroxylation sites is 1. The van der Waals surface area contributed by atoms with Crippen molar-refractivity contribution in [3.63, 3.8) is 0 Å².